The van der Waals surface area contributed by atoms with Crippen molar-refractivity contribution in [1.29, 1.82) is 5.41 Å². The summed E-state index contributed by atoms with van der Waals surface area (Å²) in [5.41, 5.74) is 1.33. The molecule has 2 aliphatic rings. The Balaban J connectivity index is 1.73. The molecule has 0 spiro atoms. The monoisotopic (exact) mass is 583 g/mol. The highest BCUT2D eigenvalue weighted by molar-refractivity contribution is 6.07. The van der Waals surface area contributed by atoms with Gasteiger partial charge in [-0.25, -0.2) is 4.39 Å². The number of carbonyl (C=O) groups is 2. The van der Waals surface area contributed by atoms with Gasteiger partial charge in [-0.15, -0.1) is 0 Å². The molecule has 2 aromatic rings. The second-order valence-corrected chi connectivity index (χ2v) is 11.9. The first-order valence-corrected chi connectivity index (χ1v) is 14.5. The second kappa shape index (κ2) is 11.8. The van der Waals surface area contributed by atoms with Gasteiger partial charge in [-0.2, -0.15) is 0 Å². The van der Waals surface area contributed by atoms with Crippen molar-refractivity contribution in [2.75, 3.05) is 51.0 Å². The molecule has 0 aromatic heterocycles. The van der Waals surface area contributed by atoms with Crippen molar-refractivity contribution in [2.24, 2.45) is 0 Å². The van der Waals surface area contributed by atoms with Crippen molar-refractivity contribution < 1.29 is 32.9 Å². The summed E-state index contributed by atoms with van der Waals surface area (Å²) >= 11 is 0. The van der Waals surface area contributed by atoms with E-state index >= 15 is 4.39 Å². The van der Waals surface area contributed by atoms with Gasteiger partial charge in [0, 0.05) is 11.1 Å². The number of fused-ring (bicyclic) bond motifs is 2. The van der Waals surface area contributed by atoms with Crippen LogP contribution in [0.3, 0.4) is 0 Å². The third-order valence-electron chi connectivity index (χ3n) is 7.69. The van der Waals surface area contributed by atoms with Crippen LogP contribution in [-0.2, 0) is 20.5 Å². The summed E-state index contributed by atoms with van der Waals surface area (Å²) in [4.78, 5) is 29.8. The molecule has 0 saturated heterocycles. The Bertz CT molecular complexity index is 1400. The van der Waals surface area contributed by atoms with Crippen LogP contribution in [0.15, 0.2) is 18.2 Å². The number of Topliss-reactive ketones (excluding diaryl/α,β-unsaturated/α-hetero) is 1. The van der Waals surface area contributed by atoms with Crippen LogP contribution in [0.1, 0.15) is 82.4 Å². The molecule has 0 radical (unpaired) electrons. The number of anilines is 1. The number of benzene rings is 2. The van der Waals surface area contributed by atoms with Crippen LogP contribution in [-0.4, -0.2) is 68.5 Å². The molecule has 2 aliphatic heterocycles. The van der Waals surface area contributed by atoms with Crippen molar-refractivity contribution >= 4 is 23.3 Å². The van der Waals surface area contributed by atoms with Gasteiger partial charge in [-0.05, 0) is 63.8 Å². The lowest BCUT2D eigenvalue weighted by molar-refractivity contribution is -0.141. The molecule has 2 aromatic carbocycles. The fourth-order valence-electron chi connectivity index (χ4n) is 5.56. The first-order valence-electron chi connectivity index (χ1n) is 14.5. The molecule has 9 nitrogen and oxygen atoms in total. The third-order valence-corrected chi connectivity index (χ3v) is 7.69. The molecule has 0 bridgehead atoms. The summed E-state index contributed by atoms with van der Waals surface area (Å²) in [5.74, 6) is -0.470. The lowest BCUT2D eigenvalue weighted by atomic mass is 9.84. The Kier molecular flexibility index (Phi) is 8.76. The summed E-state index contributed by atoms with van der Waals surface area (Å²) < 4.78 is 38.3. The third kappa shape index (κ3) is 5.63. The van der Waals surface area contributed by atoms with E-state index in [2.05, 4.69) is 0 Å². The van der Waals surface area contributed by atoms with Crippen molar-refractivity contribution in [1.82, 2.24) is 4.90 Å². The Morgan fingerprint density at radius 1 is 1.05 bits per heavy atom. The topological polar surface area (TPSA) is 101 Å². The minimum atomic E-state index is -0.875. The normalized spacial score (nSPS) is 15.6. The number of esters is 1. The standard InChI is InChI=1S/C32H42FN3O6/c1-9-39-24-16-20-26(27(33)29(24)41-11-3)30(34)36(32(20,7)8)17-23(37)19-14-21(31(4,5)6)28-22(15-19)35(12-13-42-28)18-25(38)40-10-2/h14-16,34H,9-13,17-18H2,1-8H3. The average Bonchev–Trinajstić information content (AvgIpc) is 3.10. The highest BCUT2D eigenvalue weighted by Crippen LogP contribution is 2.47. The first kappa shape index (κ1) is 31.1. The molecule has 0 aliphatic carbocycles. The summed E-state index contributed by atoms with van der Waals surface area (Å²) in [6.45, 7) is 16.7. The van der Waals surface area contributed by atoms with Crippen molar-refractivity contribution in [3.63, 3.8) is 0 Å². The van der Waals surface area contributed by atoms with E-state index in [0.29, 0.717) is 42.3 Å². The van der Waals surface area contributed by atoms with E-state index in [-0.39, 0.29) is 66.4 Å². The summed E-state index contributed by atoms with van der Waals surface area (Å²) in [7, 11) is 0. The molecule has 2 heterocycles. The highest BCUT2D eigenvalue weighted by Gasteiger charge is 2.45. The van der Waals surface area contributed by atoms with Gasteiger partial charge in [-0.1, -0.05) is 20.8 Å². The van der Waals surface area contributed by atoms with Gasteiger partial charge in [0.15, 0.2) is 23.1 Å². The van der Waals surface area contributed by atoms with E-state index in [1.807, 2.05) is 52.5 Å². The lowest BCUT2D eigenvalue weighted by Gasteiger charge is -2.36. The second-order valence-electron chi connectivity index (χ2n) is 11.9. The number of hydrogen-bond acceptors (Lipinski definition) is 8. The summed E-state index contributed by atoms with van der Waals surface area (Å²) in [6.07, 6.45) is 0. The number of ketones is 1. The zero-order chi connectivity index (χ0) is 31.0. The summed E-state index contributed by atoms with van der Waals surface area (Å²) in [6, 6.07) is 5.29. The molecule has 0 fully saturated rings. The number of nitrogens with zero attached hydrogens (tertiary/aromatic N) is 2. The molecular weight excluding hydrogens is 541 g/mol. The van der Waals surface area contributed by atoms with Crippen LogP contribution in [0.25, 0.3) is 0 Å². The zero-order valence-corrected chi connectivity index (χ0v) is 25.9. The van der Waals surface area contributed by atoms with Gasteiger partial charge in [0.05, 0.1) is 49.7 Å². The van der Waals surface area contributed by atoms with Crippen LogP contribution in [0.2, 0.25) is 0 Å². The fraction of sp³-hybridized carbons (Fsp3) is 0.531. The van der Waals surface area contributed by atoms with E-state index < -0.39 is 11.4 Å². The molecule has 228 valence electrons. The Hall–Kier alpha value is -3.82. The maximum absolute atomic E-state index is 15.8. The van der Waals surface area contributed by atoms with Gasteiger partial charge < -0.3 is 28.7 Å². The minimum Gasteiger partial charge on any atom is -0.490 e. The minimum absolute atomic E-state index is 0.0296. The van der Waals surface area contributed by atoms with E-state index in [1.54, 1.807) is 30.9 Å². The van der Waals surface area contributed by atoms with Crippen LogP contribution in [0.5, 0.6) is 17.2 Å². The van der Waals surface area contributed by atoms with Crippen molar-refractivity contribution in [3.05, 3.63) is 46.3 Å². The van der Waals surface area contributed by atoms with E-state index in [1.165, 1.54) is 0 Å². The number of rotatable bonds is 10. The first-order chi connectivity index (χ1) is 19.8. The molecule has 0 amide bonds. The molecule has 0 unspecified atom stereocenters. The van der Waals surface area contributed by atoms with Gasteiger partial charge in [-0.3, -0.25) is 15.0 Å². The van der Waals surface area contributed by atoms with Gasteiger partial charge in [0.25, 0.3) is 0 Å². The van der Waals surface area contributed by atoms with Crippen molar-refractivity contribution in [2.45, 2.75) is 66.3 Å². The predicted molar refractivity (Wildman–Crippen MR) is 159 cm³/mol. The predicted octanol–water partition coefficient (Wildman–Crippen LogP) is 5.44. The molecule has 10 heteroatoms. The largest absolute Gasteiger partial charge is 0.490 e. The maximum atomic E-state index is 15.8. The quantitative estimate of drug-likeness (QED) is 0.292. The Morgan fingerprint density at radius 2 is 1.74 bits per heavy atom. The maximum Gasteiger partial charge on any atom is 0.325 e. The Morgan fingerprint density at radius 3 is 2.36 bits per heavy atom. The molecular formula is C32H42FN3O6. The molecule has 1 N–H and O–H groups in total. The Labute approximate surface area is 247 Å². The number of nitrogens with one attached hydrogen (secondary N) is 1. The van der Waals surface area contributed by atoms with Crippen LogP contribution < -0.4 is 19.1 Å². The van der Waals surface area contributed by atoms with Gasteiger partial charge >= 0.3 is 5.97 Å². The molecule has 42 heavy (non-hydrogen) atoms. The molecule has 4 rings (SSSR count). The van der Waals surface area contributed by atoms with Gasteiger partial charge in [0.2, 0.25) is 0 Å². The van der Waals surface area contributed by atoms with E-state index in [0.717, 1.165) is 5.56 Å². The lowest BCUT2D eigenvalue weighted by Crippen LogP contribution is -2.42. The molecule has 0 saturated carbocycles. The smallest absolute Gasteiger partial charge is 0.325 e. The van der Waals surface area contributed by atoms with Crippen molar-refractivity contribution in [3.8, 4) is 17.2 Å². The van der Waals surface area contributed by atoms with Crippen LogP contribution in [0.4, 0.5) is 10.1 Å². The number of ether oxygens (including phenoxy) is 4. The highest BCUT2D eigenvalue weighted by atomic mass is 19.1. The summed E-state index contributed by atoms with van der Waals surface area (Å²) in [5, 5.41) is 8.94. The number of hydrogen-bond donors (Lipinski definition) is 1. The van der Waals surface area contributed by atoms with E-state index in [9.17, 15) is 9.59 Å². The molecule has 0 atom stereocenters. The average molecular weight is 584 g/mol. The SMILES string of the molecule is CCOC(=O)CN1CCOc2c1cc(C(=O)CN1C(=N)c3c(cc(OCC)c(OCC)c3F)C1(C)C)cc2C(C)(C)C. The van der Waals surface area contributed by atoms with Crippen LogP contribution >= 0.6 is 0 Å². The number of halogens is 1. The van der Waals surface area contributed by atoms with Crippen LogP contribution in [0, 0.1) is 11.2 Å². The number of amidine groups is 1. The number of carbonyl (C=O) groups excluding carboxylic acids is 2. The zero-order valence-electron chi connectivity index (χ0n) is 25.9. The van der Waals surface area contributed by atoms with E-state index in [4.69, 9.17) is 24.4 Å². The fourth-order valence-corrected chi connectivity index (χ4v) is 5.56. The van der Waals surface area contributed by atoms with Gasteiger partial charge in [0.1, 0.15) is 24.7 Å².